The summed E-state index contributed by atoms with van der Waals surface area (Å²) in [4.78, 5) is 34.7. The molecular weight excluding hydrogens is 439 g/mol. The summed E-state index contributed by atoms with van der Waals surface area (Å²) < 4.78 is 5.07. The molecule has 0 radical (unpaired) electrons. The van der Waals surface area contributed by atoms with Crippen molar-refractivity contribution in [3.05, 3.63) is 64.3 Å². The minimum atomic E-state index is -0.243. The molecule has 4 aromatic rings. The van der Waals surface area contributed by atoms with Gasteiger partial charge in [-0.15, -0.1) is 0 Å². The van der Waals surface area contributed by atoms with Crippen molar-refractivity contribution in [2.45, 2.75) is 13.0 Å². The maximum atomic E-state index is 13.0. The minimum absolute atomic E-state index is 0.127. The summed E-state index contributed by atoms with van der Waals surface area (Å²) in [6.07, 6.45) is 8.53. The summed E-state index contributed by atoms with van der Waals surface area (Å²) in [5, 5.41) is 1.79. The molecule has 1 aliphatic rings. The molecule has 31 heavy (non-hydrogen) atoms. The Hall–Kier alpha value is -3.23. The normalized spacial score (nSPS) is 13.3. The number of aromatic nitrogens is 5. The molecule has 0 saturated carbocycles. The van der Waals surface area contributed by atoms with E-state index in [1.807, 2.05) is 6.07 Å². The first-order valence-corrected chi connectivity index (χ1v) is 10.2. The maximum Gasteiger partial charge on any atom is 0.291 e. The zero-order valence-corrected chi connectivity index (χ0v) is 17.9. The molecule has 1 amide bonds. The third-order valence-electron chi connectivity index (χ3n) is 5.36. The number of hydrogen-bond donors (Lipinski definition) is 1. The molecule has 1 N–H and O–H groups in total. The predicted molar refractivity (Wildman–Crippen MR) is 116 cm³/mol. The summed E-state index contributed by atoms with van der Waals surface area (Å²) >= 11 is 12.9. The molecule has 156 valence electrons. The molecule has 0 bridgehead atoms. The number of carbonyl (C=O) groups excluding carboxylic acids is 1. The molecule has 5 rings (SSSR count). The maximum absolute atomic E-state index is 13.0. The first-order chi connectivity index (χ1) is 15.1. The molecule has 0 unspecified atom stereocenters. The Bertz CT molecular complexity index is 1290. The molecule has 0 atom stereocenters. The average molecular weight is 455 g/mol. The van der Waals surface area contributed by atoms with Crippen molar-refractivity contribution < 1.29 is 9.53 Å². The van der Waals surface area contributed by atoms with Gasteiger partial charge in [-0.2, -0.15) is 0 Å². The number of ether oxygens (including phenoxy) is 1. The van der Waals surface area contributed by atoms with Gasteiger partial charge in [0.2, 0.25) is 5.82 Å². The number of nitrogens with one attached hydrogen (secondary N) is 1. The standard InChI is InChI=1S/C21H16Cl2N6O2/c1-31-12-7-26-20(27-8-12)21(30)29-3-2-16-14(9-29)17-13(11-5-24-10-25-6-11)4-15(22)18(23)19(17)28-16/h4-8,10,28H,2-3,9H2,1H3. The van der Waals surface area contributed by atoms with Gasteiger partial charge in [-0.05, 0) is 11.6 Å². The molecule has 0 fully saturated rings. The fourth-order valence-corrected chi connectivity index (χ4v) is 4.25. The van der Waals surface area contributed by atoms with Crippen molar-refractivity contribution >= 4 is 40.0 Å². The van der Waals surface area contributed by atoms with Crippen LogP contribution in [0.25, 0.3) is 22.0 Å². The second kappa shape index (κ2) is 7.79. The lowest BCUT2D eigenvalue weighted by atomic mass is 9.97. The molecule has 1 aromatic carbocycles. The summed E-state index contributed by atoms with van der Waals surface area (Å²) in [6.45, 7) is 0.922. The van der Waals surface area contributed by atoms with Crippen molar-refractivity contribution in [2.75, 3.05) is 13.7 Å². The van der Waals surface area contributed by atoms with Crippen LogP contribution < -0.4 is 4.74 Å². The fourth-order valence-electron chi connectivity index (χ4n) is 3.85. The molecular formula is C21H16Cl2N6O2. The molecule has 4 heterocycles. The van der Waals surface area contributed by atoms with Crippen LogP contribution in [-0.2, 0) is 13.0 Å². The second-order valence-electron chi connectivity index (χ2n) is 7.10. The number of benzene rings is 1. The Morgan fingerprint density at radius 2 is 1.90 bits per heavy atom. The van der Waals surface area contributed by atoms with E-state index in [0.717, 1.165) is 33.3 Å². The molecule has 8 nitrogen and oxygen atoms in total. The van der Waals surface area contributed by atoms with Crippen LogP contribution in [0, 0.1) is 0 Å². The SMILES string of the molecule is COc1cnc(C(=O)N2CCc3[nH]c4c(Cl)c(Cl)cc(-c5cncnc5)c4c3C2)nc1. The Morgan fingerprint density at radius 3 is 2.61 bits per heavy atom. The number of aromatic amines is 1. The highest BCUT2D eigenvalue weighted by Gasteiger charge is 2.28. The van der Waals surface area contributed by atoms with E-state index in [4.69, 9.17) is 27.9 Å². The molecule has 0 aliphatic carbocycles. The van der Waals surface area contributed by atoms with Gasteiger partial charge in [-0.1, -0.05) is 23.2 Å². The first-order valence-electron chi connectivity index (χ1n) is 9.49. The lowest BCUT2D eigenvalue weighted by Crippen LogP contribution is -2.36. The van der Waals surface area contributed by atoms with E-state index in [1.54, 1.807) is 17.3 Å². The minimum Gasteiger partial charge on any atom is -0.494 e. The fraction of sp³-hybridized carbons (Fsp3) is 0.190. The van der Waals surface area contributed by atoms with E-state index < -0.39 is 0 Å². The molecule has 3 aromatic heterocycles. The van der Waals surface area contributed by atoms with E-state index in [2.05, 4.69) is 24.9 Å². The molecule has 10 heteroatoms. The number of hydrogen-bond acceptors (Lipinski definition) is 6. The Kier molecular flexibility index (Phi) is 4.95. The van der Waals surface area contributed by atoms with Crippen molar-refractivity contribution in [3.63, 3.8) is 0 Å². The van der Waals surface area contributed by atoms with Crippen molar-refractivity contribution in [1.29, 1.82) is 0 Å². The highest BCUT2D eigenvalue weighted by atomic mass is 35.5. The lowest BCUT2D eigenvalue weighted by molar-refractivity contribution is 0.0722. The first kappa shape index (κ1) is 19.7. The summed E-state index contributed by atoms with van der Waals surface area (Å²) in [6, 6.07) is 1.81. The van der Waals surface area contributed by atoms with E-state index in [1.165, 1.54) is 25.8 Å². The molecule has 1 aliphatic heterocycles. The van der Waals surface area contributed by atoms with Gasteiger partial charge in [0.1, 0.15) is 6.33 Å². The molecule has 0 saturated heterocycles. The Balaban J connectivity index is 1.59. The van der Waals surface area contributed by atoms with Gasteiger partial charge in [0.25, 0.3) is 5.91 Å². The van der Waals surface area contributed by atoms with Crippen LogP contribution in [0.15, 0.2) is 37.2 Å². The number of nitrogens with zero attached hydrogens (tertiary/aromatic N) is 5. The van der Waals surface area contributed by atoms with Crippen molar-refractivity contribution in [3.8, 4) is 16.9 Å². The van der Waals surface area contributed by atoms with Gasteiger partial charge in [0.05, 0.1) is 35.1 Å². The van der Waals surface area contributed by atoms with E-state index in [-0.39, 0.29) is 11.7 Å². The second-order valence-corrected chi connectivity index (χ2v) is 7.89. The van der Waals surface area contributed by atoms with Crippen molar-refractivity contribution in [2.24, 2.45) is 0 Å². The van der Waals surface area contributed by atoms with Crippen LogP contribution in [0.1, 0.15) is 21.9 Å². The van der Waals surface area contributed by atoms with E-state index in [0.29, 0.717) is 35.3 Å². The van der Waals surface area contributed by atoms with Crippen LogP contribution in [0.2, 0.25) is 10.0 Å². The smallest absolute Gasteiger partial charge is 0.291 e. The summed E-state index contributed by atoms with van der Waals surface area (Å²) in [7, 11) is 1.52. The number of rotatable bonds is 3. The van der Waals surface area contributed by atoms with Gasteiger partial charge in [0, 0.05) is 54.1 Å². The van der Waals surface area contributed by atoms with Crippen molar-refractivity contribution in [1.82, 2.24) is 29.8 Å². The number of carbonyl (C=O) groups is 1. The number of fused-ring (bicyclic) bond motifs is 3. The third-order valence-corrected chi connectivity index (χ3v) is 6.14. The van der Waals surface area contributed by atoms with Crippen LogP contribution in [0.5, 0.6) is 5.75 Å². The largest absolute Gasteiger partial charge is 0.494 e. The van der Waals surface area contributed by atoms with Crippen LogP contribution in [0.3, 0.4) is 0 Å². The topological polar surface area (TPSA) is 96.9 Å². The van der Waals surface area contributed by atoms with E-state index >= 15 is 0 Å². The Morgan fingerprint density at radius 1 is 1.16 bits per heavy atom. The quantitative estimate of drug-likeness (QED) is 0.503. The number of amides is 1. The zero-order chi connectivity index (χ0) is 21.5. The lowest BCUT2D eigenvalue weighted by Gasteiger charge is -2.27. The highest BCUT2D eigenvalue weighted by molar-refractivity contribution is 6.45. The predicted octanol–water partition coefficient (Wildman–Crippen LogP) is 3.93. The summed E-state index contributed by atoms with van der Waals surface area (Å²) in [5.74, 6) is 0.379. The summed E-state index contributed by atoms with van der Waals surface area (Å²) in [5.41, 5.74) is 4.43. The van der Waals surface area contributed by atoms with Gasteiger partial charge in [-0.25, -0.2) is 19.9 Å². The van der Waals surface area contributed by atoms with Gasteiger partial charge in [-0.3, -0.25) is 4.79 Å². The highest BCUT2D eigenvalue weighted by Crippen LogP contribution is 2.42. The van der Waals surface area contributed by atoms with Crippen LogP contribution in [-0.4, -0.2) is 49.4 Å². The third kappa shape index (κ3) is 3.37. The van der Waals surface area contributed by atoms with E-state index in [9.17, 15) is 4.79 Å². The number of H-pyrrole nitrogens is 1. The zero-order valence-electron chi connectivity index (χ0n) is 16.4. The van der Waals surface area contributed by atoms with Crippen LogP contribution in [0.4, 0.5) is 0 Å². The monoisotopic (exact) mass is 454 g/mol. The van der Waals surface area contributed by atoms with Gasteiger partial charge < -0.3 is 14.6 Å². The van der Waals surface area contributed by atoms with Crippen LogP contribution >= 0.6 is 23.2 Å². The average Bonchev–Trinajstić information content (AvgIpc) is 3.20. The number of halogens is 2. The molecule has 0 spiro atoms. The van der Waals surface area contributed by atoms with Gasteiger partial charge in [0.15, 0.2) is 5.75 Å². The van der Waals surface area contributed by atoms with Gasteiger partial charge >= 0.3 is 0 Å². The number of methoxy groups -OCH3 is 1. The Labute approximate surface area is 187 Å².